The van der Waals surface area contributed by atoms with Crippen LogP contribution in [0.4, 0.5) is 5.82 Å². The van der Waals surface area contributed by atoms with Gasteiger partial charge in [0.1, 0.15) is 11.4 Å². The highest BCUT2D eigenvalue weighted by Crippen LogP contribution is 2.23. The molecule has 0 unspecified atom stereocenters. The van der Waals surface area contributed by atoms with Gasteiger partial charge in [-0.05, 0) is 37.1 Å². The monoisotopic (exact) mass is 269 g/mol. The number of aryl methyl sites for hydroxylation is 2. The summed E-state index contributed by atoms with van der Waals surface area (Å²) in [6.07, 6.45) is 0. The van der Waals surface area contributed by atoms with E-state index >= 15 is 0 Å². The minimum atomic E-state index is -0.102. The van der Waals surface area contributed by atoms with Crippen LogP contribution in [0.25, 0.3) is 22.1 Å². The van der Waals surface area contributed by atoms with Crippen LogP contribution < -0.4 is 16.9 Å². The Kier molecular flexibility index (Phi) is 2.72. The molecule has 3 aromatic rings. The van der Waals surface area contributed by atoms with Gasteiger partial charge in [0.05, 0.1) is 10.8 Å². The highest BCUT2D eigenvalue weighted by Gasteiger charge is 2.13. The van der Waals surface area contributed by atoms with Crippen molar-refractivity contribution in [1.29, 1.82) is 0 Å². The van der Waals surface area contributed by atoms with Crippen LogP contribution in [0.15, 0.2) is 27.4 Å². The van der Waals surface area contributed by atoms with Crippen LogP contribution in [0.5, 0.6) is 0 Å². The standard InChI is InChI=1S/C15H15N3O2/c1-7-3-8(2)13-10(4-7)12(19)11-5-9(6-16)14(17)18-15(11)20-13/h3-5H,6,16H2,1-2H3,(H2,17,18). The maximum absolute atomic E-state index is 12.6. The van der Waals surface area contributed by atoms with Gasteiger partial charge in [0.15, 0.2) is 0 Å². The highest BCUT2D eigenvalue weighted by molar-refractivity contribution is 5.90. The molecule has 0 aliphatic carbocycles. The van der Waals surface area contributed by atoms with E-state index in [1.165, 1.54) is 0 Å². The fraction of sp³-hybridized carbons (Fsp3) is 0.200. The second-order valence-electron chi connectivity index (χ2n) is 4.98. The molecule has 5 nitrogen and oxygen atoms in total. The third-order valence-corrected chi connectivity index (χ3v) is 3.43. The Morgan fingerprint density at radius 1 is 1.20 bits per heavy atom. The number of hydrogen-bond donors (Lipinski definition) is 2. The summed E-state index contributed by atoms with van der Waals surface area (Å²) in [5.74, 6) is 0.298. The van der Waals surface area contributed by atoms with E-state index in [0.717, 1.165) is 11.1 Å². The first-order valence-electron chi connectivity index (χ1n) is 6.34. The van der Waals surface area contributed by atoms with Crippen LogP contribution >= 0.6 is 0 Å². The van der Waals surface area contributed by atoms with Crippen molar-refractivity contribution in [2.75, 3.05) is 5.73 Å². The van der Waals surface area contributed by atoms with E-state index in [-0.39, 0.29) is 17.7 Å². The lowest BCUT2D eigenvalue weighted by Crippen LogP contribution is -2.09. The number of nitrogens with two attached hydrogens (primary N) is 2. The Bertz CT molecular complexity index is 897. The van der Waals surface area contributed by atoms with Crippen molar-refractivity contribution in [3.05, 3.63) is 45.1 Å². The molecule has 0 radical (unpaired) electrons. The maximum Gasteiger partial charge on any atom is 0.232 e. The zero-order valence-corrected chi connectivity index (χ0v) is 11.4. The Morgan fingerprint density at radius 2 is 1.95 bits per heavy atom. The van der Waals surface area contributed by atoms with Gasteiger partial charge in [0.25, 0.3) is 0 Å². The van der Waals surface area contributed by atoms with Gasteiger partial charge < -0.3 is 15.9 Å². The minimum absolute atomic E-state index is 0.102. The second-order valence-corrected chi connectivity index (χ2v) is 4.98. The van der Waals surface area contributed by atoms with E-state index in [4.69, 9.17) is 15.9 Å². The van der Waals surface area contributed by atoms with E-state index in [1.54, 1.807) is 6.07 Å². The van der Waals surface area contributed by atoms with Crippen LogP contribution in [0.1, 0.15) is 16.7 Å². The number of anilines is 1. The van der Waals surface area contributed by atoms with Crippen LogP contribution in [0.2, 0.25) is 0 Å². The van der Waals surface area contributed by atoms with E-state index in [0.29, 0.717) is 27.7 Å². The minimum Gasteiger partial charge on any atom is -0.437 e. The molecule has 0 aliphatic heterocycles. The number of nitrogen functional groups attached to an aromatic ring is 1. The van der Waals surface area contributed by atoms with E-state index in [2.05, 4.69) is 4.98 Å². The maximum atomic E-state index is 12.6. The Morgan fingerprint density at radius 3 is 2.65 bits per heavy atom. The molecule has 0 aliphatic rings. The Balaban J connectivity index is 2.54. The van der Waals surface area contributed by atoms with E-state index < -0.39 is 0 Å². The summed E-state index contributed by atoms with van der Waals surface area (Å²) in [6.45, 7) is 4.09. The van der Waals surface area contributed by atoms with Crippen molar-refractivity contribution in [3.63, 3.8) is 0 Å². The summed E-state index contributed by atoms with van der Waals surface area (Å²) in [5, 5.41) is 0.974. The van der Waals surface area contributed by atoms with Crippen LogP contribution in [0.3, 0.4) is 0 Å². The average molecular weight is 269 g/mol. The summed E-state index contributed by atoms with van der Waals surface area (Å²) >= 11 is 0. The number of fused-ring (bicyclic) bond motifs is 2. The van der Waals surface area contributed by atoms with Gasteiger partial charge >= 0.3 is 0 Å². The molecule has 0 fully saturated rings. The van der Waals surface area contributed by atoms with Crippen LogP contribution in [-0.4, -0.2) is 4.98 Å². The van der Waals surface area contributed by atoms with Crippen molar-refractivity contribution in [3.8, 4) is 0 Å². The number of nitrogens with zero attached hydrogens (tertiary/aromatic N) is 1. The summed E-state index contributed by atoms with van der Waals surface area (Å²) in [6, 6.07) is 5.46. The van der Waals surface area contributed by atoms with E-state index in [1.807, 2.05) is 26.0 Å². The number of rotatable bonds is 1. The zero-order valence-electron chi connectivity index (χ0n) is 11.4. The second kappa shape index (κ2) is 4.31. The number of pyridine rings is 1. The van der Waals surface area contributed by atoms with Gasteiger partial charge in [0.2, 0.25) is 11.1 Å². The first-order chi connectivity index (χ1) is 9.51. The number of benzene rings is 1. The SMILES string of the molecule is Cc1cc(C)c2oc3nc(N)c(CN)cc3c(=O)c2c1. The molecule has 0 bridgehead atoms. The molecule has 0 saturated heterocycles. The van der Waals surface area contributed by atoms with Crippen LogP contribution in [-0.2, 0) is 6.54 Å². The van der Waals surface area contributed by atoms with Crippen molar-refractivity contribution in [1.82, 2.24) is 4.98 Å². The van der Waals surface area contributed by atoms with Crippen molar-refractivity contribution < 1.29 is 4.42 Å². The Hall–Kier alpha value is -2.40. The molecule has 0 spiro atoms. The largest absolute Gasteiger partial charge is 0.437 e. The lowest BCUT2D eigenvalue weighted by Gasteiger charge is -2.07. The first kappa shape index (κ1) is 12.6. The summed E-state index contributed by atoms with van der Waals surface area (Å²) < 4.78 is 5.76. The lowest BCUT2D eigenvalue weighted by molar-refractivity contribution is 0.642. The van der Waals surface area contributed by atoms with E-state index in [9.17, 15) is 4.79 Å². The van der Waals surface area contributed by atoms with Crippen molar-refractivity contribution in [2.45, 2.75) is 20.4 Å². The first-order valence-corrected chi connectivity index (χ1v) is 6.34. The fourth-order valence-electron chi connectivity index (χ4n) is 2.46. The van der Waals surface area contributed by atoms with Gasteiger partial charge in [-0.3, -0.25) is 4.79 Å². The quantitative estimate of drug-likeness (QED) is 0.659. The highest BCUT2D eigenvalue weighted by atomic mass is 16.3. The van der Waals surface area contributed by atoms with Gasteiger partial charge in [-0.15, -0.1) is 0 Å². The van der Waals surface area contributed by atoms with Crippen molar-refractivity contribution in [2.24, 2.45) is 5.73 Å². The number of hydrogen-bond acceptors (Lipinski definition) is 5. The van der Waals surface area contributed by atoms with Crippen molar-refractivity contribution >= 4 is 27.9 Å². The molecule has 0 atom stereocenters. The molecule has 4 N–H and O–H groups in total. The molecule has 0 saturated carbocycles. The molecule has 102 valence electrons. The molecular weight excluding hydrogens is 254 g/mol. The molecule has 2 aromatic heterocycles. The molecule has 1 aromatic carbocycles. The normalized spacial score (nSPS) is 11.3. The van der Waals surface area contributed by atoms with Gasteiger partial charge in [-0.2, -0.15) is 4.98 Å². The summed E-state index contributed by atoms with van der Waals surface area (Å²) in [7, 11) is 0. The van der Waals surface area contributed by atoms with Gasteiger partial charge in [-0.1, -0.05) is 6.07 Å². The van der Waals surface area contributed by atoms with Gasteiger partial charge in [0, 0.05) is 12.1 Å². The molecule has 5 heteroatoms. The lowest BCUT2D eigenvalue weighted by atomic mass is 10.1. The molecule has 2 heterocycles. The third kappa shape index (κ3) is 1.75. The molecule has 20 heavy (non-hydrogen) atoms. The Labute approximate surface area is 115 Å². The third-order valence-electron chi connectivity index (χ3n) is 3.43. The molecule has 0 amide bonds. The van der Waals surface area contributed by atoms with Gasteiger partial charge in [-0.25, -0.2) is 0 Å². The zero-order chi connectivity index (χ0) is 14.4. The topological polar surface area (TPSA) is 95.1 Å². The van der Waals surface area contributed by atoms with Crippen LogP contribution in [0, 0.1) is 13.8 Å². The predicted molar refractivity (Wildman–Crippen MR) is 79.6 cm³/mol. The number of aromatic nitrogens is 1. The molecule has 3 rings (SSSR count). The predicted octanol–water partition coefficient (Wildman–Crippen LogP) is 2.00. The summed E-state index contributed by atoms with van der Waals surface area (Å²) in [4.78, 5) is 16.7. The fourth-order valence-corrected chi connectivity index (χ4v) is 2.46. The smallest absolute Gasteiger partial charge is 0.232 e. The molecular formula is C15H15N3O2. The summed E-state index contributed by atoms with van der Waals surface area (Å²) in [5.41, 5.74) is 14.7. The average Bonchev–Trinajstić information content (AvgIpc) is 2.40.